The zero-order valence-electron chi connectivity index (χ0n) is 11.1. The monoisotopic (exact) mass is 250 g/mol. The molecule has 0 heterocycles. The minimum absolute atomic E-state index is 0.00982. The molecule has 0 aliphatic rings. The van der Waals surface area contributed by atoms with Crippen molar-refractivity contribution in [3.8, 4) is 5.75 Å². The van der Waals surface area contributed by atoms with E-state index >= 15 is 0 Å². The number of nitrogens with one attached hydrogen (secondary N) is 1. The lowest BCUT2D eigenvalue weighted by Crippen LogP contribution is -2.21. The van der Waals surface area contributed by atoms with Crippen LogP contribution < -0.4 is 15.8 Å². The van der Waals surface area contributed by atoms with Gasteiger partial charge in [0.25, 0.3) is 0 Å². The van der Waals surface area contributed by atoms with Crippen LogP contribution in [-0.4, -0.2) is 19.1 Å². The molecule has 0 aliphatic carbocycles. The van der Waals surface area contributed by atoms with Gasteiger partial charge in [-0.05, 0) is 38.4 Å². The summed E-state index contributed by atoms with van der Waals surface area (Å²) in [6, 6.07) is 7.46. The fourth-order valence-electron chi connectivity index (χ4n) is 1.66. The Morgan fingerprint density at radius 3 is 2.83 bits per heavy atom. The number of carbonyl (C=O) groups is 1. The standard InChI is InChI=1S/C14H22N2O2/c1-3-18-13-9-5-4-8-12(13)16-14(17)11(2)7-6-10-15/h4-5,8-9,11H,3,6-7,10,15H2,1-2H3,(H,16,17). The first-order chi connectivity index (χ1) is 8.69. The highest BCUT2D eigenvalue weighted by atomic mass is 16.5. The van der Waals surface area contributed by atoms with Crippen molar-refractivity contribution in [2.24, 2.45) is 11.7 Å². The molecule has 1 unspecified atom stereocenters. The molecule has 0 spiro atoms. The first-order valence-corrected chi connectivity index (χ1v) is 6.41. The molecule has 1 aromatic carbocycles. The molecule has 1 aromatic rings. The largest absolute Gasteiger partial charge is 0.492 e. The highest BCUT2D eigenvalue weighted by Crippen LogP contribution is 2.24. The number of carbonyl (C=O) groups excluding carboxylic acids is 1. The summed E-state index contributed by atoms with van der Waals surface area (Å²) in [7, 11) is 0. The number of amides is 1. The van der Waals surface area contributed by atoms with Crippen molar-refractivity contribution in [2.45, 2.75) is 26.7 Å². The third-order valence-electron chi connectivity index (χ3n) is 2.73. The van der Waals surface area contributed by atoms with E-state index in [-0.39, 0.29) is 11.8 Å². The van der Waals surface area contributed by atoms with Crippen molar-refractivity contribution in [1.29, 1.82) is 0 Å². The number of ether oxygens (including phenoxy) is 1. The smallest absolute Gasteiger partial charge is 0.227 e. The van der Waals surface area contributed by atoms with Crippen LogP contribution in [-0.2, 0) is 4.79 Å². The predicted octanol–water partition coefficient (Wildman–Crippen LogP) is 2.40. The number of hydrogen-bond donors (Lipinski definition) is 2. The minimum atomic E-state index is -0.0387. The Bertz CT molecular complexity index is 380. The first kappa shape index (κ1) is 14.5. The van der Waals surface area contributed by atoms with Crippen LogP contribution in [0.1, 0.15) is 26.7 Å². The average Bonchev–Trinajstić information content (AvgIpc) is 2.38. The Hall–Kier alpha value is -1.55. The highest BCUT2D eigenvalue weighted by molar-refractivity contribution is 5.93. The van der Waals surface area contributed by atoms with Gasteiger partial charge in [-0.25, -0.2) is 0 Å². The van der Waals surface area contributed by atoms with Crippen molar-refractivity contribution in [2.75, 3.05) is 18.5 Å². The quantitative estimate of drug-likeness (QED) is 0.781. The summed E-state index contributed by atoms with van der Waals surface area (Å²) >= 11 is 0. The van der Waals surface area contributed by atoms with E-state index in [0.29, 0.717) is 18.9 Å². The lowest BCUT2D eigenvalue weighted by atomic mass is 10.0. The van der Waals surface area contributed by atoms with Crippen molar-refractivity contribution >= 4 is 11.6 Å². The van der Waals surface area contributed by atoms with Crippen LogP contribution >= 0.6 is 0 Å². The van der Waals surface area contributed by atoms with E-state index in [1.165, 1.54) is 0 Å². The minimum Gasteiger partial charge on any atom is -0.492 e. The molecule has 0 fully saturated rings. The molecule has 0 radical (unpaired) electrons. The van der Waals surface area contributed by atoms with Crippen LogP contribution in [0.2, 0.25) is 0 Å². The van der Waals surface area contributed by atoms with Crippen LogP contribution in [0.15, 0.2) is 24.3 Å². The summed E-state index contributed by atoms with van der Waals surface area (Å²) in [5.74, 6) is 0.679. The van der Waals surface area contributed by atoms with Gasteiger partial charge in [-0.15, -0.1) is 0 Å². The Kier molecular flexibility index (Phi) is 6.22. The number of para-hydroxylation sites is 2. The van der Waals surface area contributed by atoms with Gasteiger partial charge in [0, 0.05) is 5.92 Å². The molecule has 0 saturated carbocycles. The van der Waals surface area contributed by atoms with Gasteiger partial charge in [0.1, 0.15) is 5.75 Å². The van der Waals surface area contributed by atoms with Crippen molar-refractivity contribution in [1.82, 2.24) is 0 Å². The van der Waals surface area contributed by atoms with Crippen LogP contribution in [0.5, 0.6) is 5.75 Å². The Labute approximate surface area is 109 Å². The van der Waals surface area contributed by atoms with E-state index < -0.39 is 0 Å². The number of anilines is 1. The lowest BCUT2D eigenvalue weighted by Gasteiger charge is -2.14. The van der Waals surface area contributed by atoms with Gasteiger partial charge in [-0.3, -0.25) is 4.79 Å². The molecular weight excluding hydrogens is 228 g/mol. The second-order valence-corrected chi connectivity index (χ2v) is 4.25. The molecule has 4 heteroatoms. The summed E-state index contributed by atoms with van der Waals surface area (Å²) in [5, 5.41) is 2.90. The van der Waals surface area contributed by atoms with Crippen LogP contribution in [0.4, 0.5) is 5.69 Å². The van der Waals surface area contributed by atoms with Crippen molar-refractivity contribution < 1.29 is 9.53 Å². The van der Waals surface area contributed by atoms with Crippen LogP contribution in [0.25, 0.3) is 0 Å². The molecule has 18 heavy (non-hydrogen) atoms. The Morgan fingerprint density at radius 1 is 1.44 bits per heavy atom. The summed E-state index contributed by atoms with van der Waals surface area (Å²) in [6.45, 7) is 5.03. The molecule has 0 aromatic heterocycles. The summed E-state index contributed by atoms with van der Waals surface area (Å²) in [6.07, 6.45) is 1.67. The molecule has 0 bridgehead atoms. The van der Waals surface area contributed by atoms with E-state index in [9.17, 15) is 4.79 Å². The first-order valence-electron chi connectivity index (χ1n) is 6.41. The van der Waals surface area contributed by atoms with Gasteiger partial charge in [0.05, 0.1) is 12.3 Å². The van der Waals surface area contributed by atoms with E-state index in [1.807, 2.05) is 38.1 Å². The Morgan fingerprint density at radius 2 is 2.17 bits per heavy atom. The second kappa shape index (κ2) is 7.71. The second-order valence-electron chi connectivity index (χ2n) is 4.25. The molecule has 0 saturated heterocycles. The van der Waals surface area contributed by atoms with E-state index in [2.05, 4.69) is 5.32 Å². The van der Waals surface area contributed by atoms with Crippen molar-refractivity contribution in [3.63, 3.8) is 0 Å². The number of hydrogen-bond acceptors (Lipinski definition) is 3. The molecule has 0 aliphatic heterocycles. The van der Waals surface area contributed by atoms with Gasteiger partial charge in [0.15, 0.2) is 0 Å². The van der Waals surface area contributed by atoms with E-state index in [4.69, 9.17) is 10.5 Å². The van der Waals surface area contributed by atoms with Gasteiger partial charge in [-0.1, -0.05) is 19.1 Å². The van der Waals surface area contributed by atoms with Crippen LogP contribution in [0.3, 0.4) is 0 Å². The van der Waals surface area contributed by atoms with Gasteiger partial charge >= 0.3 is 0 Å². The summed E-state index contributed by atoms with van der Waals surface area (Å²) in [5.41, 5.74) is 6.17. The molecule has 1 atom stereocenters. The average molecular weight is 250 g/mol. The third kappa shape index (κ3) is 4.37. The van der Waals surface area contributed by atoms with E-state index in [1.54, 1.807) is 0 Å². The third-order valence-corrected chi connectivity index (χ3v) is 2.73. The maximum absolute atomic E-state index is 12.0. The number of rotatable bonds is 7. The number of nitrogens with two attached hydrogens (primary N) is 1. The fourth-order valence-corrected chi connectivity index (χ4v) is 1.66. The normalized spacial score (nSPS) is 11.9. The van der Waals surface area contributed by atoms with Crippen LogP contribution in [0, 0.1) is 5.92 Å². The van der Waals surface area contributed by atoms with Gasteiger partial charge in [-0.2, -0.15) is 0 Å². The molecule has 4 nitrogen and oxygen atoms in total. The zero-order valence-corrected chi connectivity index (χ0v) is 11.1. The predicted molar refractivity (Wildman–Crippen MR) is 73.7 cm³/mol. The highest BCUT2D eigenvalue weighted by Gasteiger charge is 2.14. The maximum Gasteiger partial charge on any atom is 0.227 e. The Balaban J connectivity index is 2.63. The number of benzene rings is 1. The fraction of sp³-hybridized carbons (Fsp3) is 0.500. The van der Waals surface area contributed by atoms with Gasteiger partial charge < -0.3 is 15.8 Å². The van der Waals surface area contributed by atoms with Gasteiger partial charge in [0.2, 0.25) is 5.91 Å². The SMILES string of the molecule is CCOc1ccccc1NC(=O)C(C)CCCN. The van der Waals surface area contributed by atoms with E-state index in [0.717, 1.165) is 18.5 Å². The maximum atomic E-state index is 12.0. The summed E-state index contributed by atoms with van der Waals surface area (Å²) < 4.78 is 5.46. The molecule has 1 amide bonds. The van der Waals surface area contributed by atoms with Crippen molar-refractivity contribution in [3.05, 3.63) is 24.3 Å². The summed E-state index contributed by atoms with van der Waals surface area (Å²) in [4.78, 5) is 12.0. The molecule has 3 N–H and O–H groups in total. The topological polar surface area (TPSA) is 64.3 Å². The zero-order chi connectivity index (χ0) is 13.4. The lowest BCUT2D eigenvalue weighted by molar-refractivity contribution is -0.119. The molecule has 1 rings (SSSR count). The molecular formula is C14H22N2O2. The molecule has 100 valence electrons.